The number of tetrazole rings is 1. The van der Waals surface area contributed by atoms with Crippen LogP contribution >= 0.6 is 11.3 Å². The monoisotopic (exact) mass is 323 g/mol. The van der Waals surface area contributed by atoms with Crippen LogP contribution in [0.3, 0.4) is 0 Å². The minimum atomic E-state index is -0.270. The first-order valence-electron chi connectivity index (χ1n) is 7.19. The van der Waals surface area contributed by atoms with Crippen molar-refractivity contribution in [2.75, 3.05) is 0 Å². The largest absolute Gasteiger partial charge is 0.308 e. The van der Waals surface area contributed by atoms with Crippen molar-refractivity contribution in [2.24, 2.45) is 0 Å². The molecule has 0 amide bonds. The highest BCUT2D eigenvalue weighted by Crippen LogP contribution is 2.24. The lowest BCUT2D eigenvalue weighted by Crippen LogP contribution is -2.21. The Bertz CT molecular complexity index is 1020. The van der Waals surface area contributed by atoms with Gasteiger partial charge in [-0.3, -0.25) is 9.36 Å². The summed E-state index contributed by atoms with van der Waals surface area (Å²) in [4.78, 5) is 12.4. The van der Waals surface area contributed by atoms with Gasteiger partial charge in [0.1, 0.15) is 0 Å². The van der Waals surface area contributed by atoms with Crippen LogP contribution in [-0.4, -0.2) is 24.8 Å². The molecule has 2 heterocycles. The standard InChI is InChI=1S/C16H13N5OS/c1-11(20-13-9-5-6-10-14(13)23-16(20)22)15-17-18-19-21(15)12-7-3-2-4-8-12/h2-11H,1H3/t11-/m1/s1. The number of hydrogen-bond acceptors (Lipinski definition) is 5. The molecular weight excluding hydrogens is 310 g/mol. The number of thiazole rings is 1. The van der Waals surface area contributed by atoms with Gasteiger partial charge in [0, 0.05) is 0 Å². The van der Waals surface area contributed by atoms with E-state index in [0.717, 1.165) is 15.9 Å². The molecule has 1 atom stereocenters. The molecule has 6 nitrogen and oxygen atoms in total. The van der Waals surface area contributed by atoms with Crippen LogP contribution in [0.2, 0.25) is 0 Å². The third-order valence-corrected chi connectivity index (χ3v) is 4.71. The molecule has 0 saturated carbocycles. The van der Waals surface area contributed by atoms with E-state index < -0.39 is 0 Å². The van der Waals surface area contributed by atoms with Crippen LogP contribution in [0.5, 0.6) is 0 Å². The smallest absolute Gasteiger partial charge is 0.288 e. The summed E-state index contributed by atoms with van der Waals surface area (Å²) in [6.45, 7) is 1.94. The zero-order valence-corrected chi connectivity index (χ0v) is 13.1. The number of para-hydroxylation sites is 2. The molecule has 4 rings (SSSR count). The number of hydrogen-bond donors (Lipinski definition) is 0. The van der Waals surface area contributed by atoms with Crippen molar-refractivity contribution in [3.8, 4) is 5.69 Å². The number of fused-ring (bicyclic) bond motifs is 1. The molecule has 0 radical (unpaired) electrons. The molecule has 114 valence electrons. The van der Waals surface area contributed by atoms with Gasteiger partial charge in [0.15, 0.2) is 5.82 Å². The van der Waals surface area contributed by atoms with E-state index >= 15 is 0 Å². The fraction of sp³-hybridized carbons (Fsp3) is 0.125. The Labute approximate surface area is 135 Å². The maximum atomic E-state index is 12.4. The molecule has 0 aliphatic rings. The van der Waals surface area contributed by atoms with Crippen molar-refractivity contribution < 1.29 is 0 Å². The third-order valence-electron chi connectivity index (χ3n) is 3.77. The van der Waals surface area contributed by atoms with Crippen LogP contribution in [0, 0.1) is 0 Å². The van der Waals surface area contributed by atoms with Gasteiger partial charge in [-0.1, -0.05) is 41.7 Å². The van der Waals surface area contributed by atoms with Crippen molar-refractivity contribution in [2.45, 2.75) is 13.0 Å². The van der Waals surface area contributed by atoms with Gasteiger partial charge in [-0.2, -0.15) is 4.68 Å². The van der Waals surface area contributed by atoms with E-state index in [0.29, 0.717) is 5.82 Å². The summed E-state index contributed by atoms with van der Waals surface area (Å²) in [6.07, 6.45) is 0. The summed E-state index contributed by atoms with van der Waals surface area (Å²) in [5.41, 5.74) is 1.77. The molecule has 0 saturated heterocycles. The van der Waals surface area contributed by atoms with Crippen LogP contribution in [0.4, 0.5) is 0 Å². The second-order valence-corrected chi connectivity index (χ2v) is 6.16. The van der Waals surface area contributed by atoms with E-state index in [1.165, 1.54) is 11.3 Å². The van der Waals surface area contributed by atoms with Gasteiger partial charge >= 0.3 is 4.87 Å². The maximum absolute atomic E-state index is 12.4. The van der Waals surface area contributed by atoms with Gasteiger partial charge in [0.05, 0.1) is 21.9 Å². The summed E-state index contributed by atoms with van der Waals surface area (Å²) in [7, 11) is 0. The van der Waals surface area contributed by atoms with Crippen LogP contribution in [0.1, 0.15) is 18.8 Å². The summed E-state index contributed by atoms with van der Waals surface area (Å²) in [5, 5.41) is 12.0. The second kappa shape index (κ2) is 5.44. The molecular formula is C16H13N5OS. The molecule has 0 unspecified atom stereocenters. The summed E-state index contributed by atoms with van der Waals surface area (Å²) in [6, 6.07) is 17.1. The molecule has 7 heteroatoms. The first-order chi connectivity index (χ1) is 11.3. The topological polar surface area (TPSA) is 65.6 Å². The van der Waals surface area contributed by atoms with Crippen LogP contribution in [0.15, 0.2) is 59.4 Å². The van der Waals surface area contributed by atoms with Crippen LogP contribution in [0.25, 0.3) is 15.9 Å². The van der Waals surface area contributed by atoms with Gasteiger partial charge < -0.3 is 0 Å². The lowest BCUT2D eigenvalue weighted by atomic mass is 10.2. The Morgan fingerprint density at radius 1 is 1.04 bits per heavy atom. The average Bonchev–Trinajstić information content (AvgIpc) is 3.18. The number of aromatic nitrogens is 5. The van der Waals surface area contributed by atoms with Crippen LogP contribution < -0.4 is 4.87 Å². The molecule has 4 aromatic rings. The number of benzene rings is 2. The Morgan fingerprint density at radius 2 is 1.78 bits per heavy atom. The van der Waals surface area contributed by atoms with Gasteiger partial charge in [-0.15, -0.1) is 5.10 Å². The normalized spacial score (nSPS) is 12.6. The molecule has 0 fully saturated rings. The first-order valence-corrected chi connectivity index (χ1v) is 8.01. The Kier molecular flexibility index (Phi) is 3.27. The van der Waals surface area contributed by atoms with E-state index in [1.54, 1.807) is 9.25 Å². The highest BCUT2D eigenvalue weighted by molar-refractivity contribution is 7.16. The van der Waals surface area contributed by atoms with Crippen LogP contribution in [-0.2, 0) is 0 Å². The van der Waals surface area contributed by atoms with Crippen molar-refractivity contribution >= 4 is 21.6 Å². The lowest BCUT2D eigenvalue weighted by Gasteiger charge is -2.13. The van der Waals surface area contributed by atoms with E-state index in [9.17, 15) is 4.79 Å². The molecule has 2 aromatic heterocycles. The average molecular weight is 323 g/mol. The second-order valence-electron chi connectivity index (χ2n) is 5.17. The lowest BCUT2D eigenvalue weighted by molar-refractivity contribution is 0.587. The zero-order valence-electron chi connectivity index (χ0n) is 12.3. The highest BCUT2D eigenvalue weighted by atomic mass is 32.1. The van der Waals surface area contributed by atoms with E-state index in [4.69, 9.17) is 0 Å². The summed E-state index contributed by atoms with van der Waals surface area (Å²) < 4.78 is 4.37. The van der Waals surface area contributed by atoms with Crippen molar-refractivity contribution in [1.82, 2.24) is 24.8 Å². The molecule has 23 heavy (non-hydrogen) atoms. The zero-order chi connectivity index (χ0) is 15.8. The van der Waals surface area contributed by atoms with Gasteiger partial charge in [-0.25, -0.2) is 0 Å². The quantitative estimate of drug-likeness (QED) is 0.581. The van der Waals surface area contributed by atoms with E-state index in [1.807, 2.05) is 61.5 Å². The van der Waals surface area contributed by atoms with Crippen molar-refractivity contribution in [1.29, 1.82) is 0 Å². The molecule has 0 spiro atoms. The van der Waals surface area contributed by atoms with Gasteiger partial charge in [0.2, 0.25) is 0 Å². The van der Waals surface area contributed by atoms with Gasteiger partial charge in [0.25, 0.3) is 0 Å². The SMILES string of the molecule is C[C@H](c1nnnn1-c1ccccc1)n1c(=O)sc2ccccc21. The summed E-state index contributed by atoms with van der Waals surface area (Å²) in [5.74, 6) is 0.627. The highest BCUT2D eigenvalue weighted by Gasteiger charge is 2.21. The number of nitrogens with zero attached hydrogens (tertiary/aromatic N) is 5. The summed E-state index contributed by atoms with van der Waals surface area (Å²) >= 11 is 1.24. The van der Waals surface area contributed by atoms with Crippen molar-refractivity contribution in [3.63, 3.8) is 0 Å². The van der Waals surface area contributed by atoms with E-state index in [-0.39, 0.29) is 10.9 Å². The third kappa shape index (κ3) is 2.25. The Balaban J connectivity index is 1.87. The molecule has 0 aliphatic heterocycles. The minimum Gasteiger partial charge on any atom is -0.288 e. The minimum absolute atomic E-state index is 0.0127. The Morgan fingerprint density at radius 3 is 2.61 bits per heavy atom. The molecule has 0 bridgehead atoms. The predicted octanol–water partition coefficient (Wildman–Crippen LogP) is 2.65. The molecule has 0 aliphatic carbocycles. The molecule has 2 aromatic carbocycles. The fourth-order valence-electron chi connectivity index (χ4n) is 2.67. The predicted molar refractivity (Wildman–Crippen MR) is 89.1 cm³/mol. The number of rotatable bonds is 3. The fourth-order valence-corrected chi connectivity index (χ4v) is 3.63. The first kappa shape index (κ1) is 13.8. The maximum Gasteiger partial charge on any atom is 0.308 e. The van der Waals surface area contributed by atoms with Crippen molar-refractivity contribution in [3.05, 3.63) is 70.1 Å². The Hall–Kier alpha value is -2.80. The molecule has 0 N–H and O–H groups in total. The van der Waals surface area contributed by atoms with E-state index in [2.05, 4.69) is 15.5 Å². The van der Waals surface area contributed by atoms with Gasteiger partial charge in [-0.05, 0) is 41.6 Å².